The molecule has 7 heteroatoms. The summed E-state index contributed by atoms with van der Waals surface area (Å²) >= 11 is 0. The minimum atomic E-state index is -3.46. The van der Waals surface area contributed by atoms with Gasteiger partial charge in [-0.1, -0.05) is 19.9 Å². The van der Waals surface area contributed by atoms with Crippen LogP contribution in [0, 0.1) is 0 Å². The Hall–Kier alpha value is -1.99. The Bertz CT molecular complexity index is 714. The predicted octanol–water partition coefficient (Wildman–Crippen LogP) is 2.14. The van der Waals surface area contributed by atoms with E-state index in [0.29, 0.717) is 25.5 Å². The first-order valence-corrected chi connectivity index (χ1v) is 8.99. The Labute approximate surface area is 137 Å². The van der Waals surface area contributed by atoms with Crippen molar-refractivity contribution in [3.05, 3.63) is 48.4 Å². The maximum atomic E-state index is 12.4. The van der Waals surface area contributed by atoms with Crippen LogP contribution >= 0.6 is 0 Å². The van der Waals surface area contributed by atoms with Crippen molar-refractivity contribution in [1.29, 1.82) is 0 Å². The normalized spacial score (nSPS) is 11.7. The highest BCUT2D eigenvalue weighted by Crippen LogP contribution is 2.18. The second kappa shape index (κ2) is 7.52. The molecule has 2 aromatic rings. The first-order chi connectivity index (χ1) is 11.0. The van der Waals surface area contributed by atoms with E-state index in [0.717, 1.165) is 5.56 Å². The molecule has 2 aromatic heterocycles. The van der Waals surface area contributed by atoms with Crippen LogP contribution < -0.4 is 4.90 Å². The SMILES string of the molecule is CCN(CC)S(=O)(=O)c1ccc(N(C)Cc2cccnc2)nc1. The van der Waals surface area contributed by atoms with Crippen LogP contribution in [-0.2, 0) is 16.6 Å². The second-order valence-corrected chi connectivity index (χ2v) is 7.10. The van der Waals surface area contributed by atoms with Crippen molar-refractivity contribution >= 4 is 15.8 Å². The van der Waals surface area contributed by atoms with Gasteiger partial charge in [0.05, 0.1) is 0 Å². The Morgan fingerprint density at radius 1 is 1.09 bits per heavy atom. The van der Waals surface area contributed by atoms with Gasteiger partial charge in [-0.3, -0.25) is 4.98 Å². The van der Waals surface area contributed by atoms with Gasteiger partial charge in [-0.05, 0) is 23.8 Å². The van der Waals surface area contributed by atoms with Gasteiger partial charge in [0.25, 0.3) is 0 Å². The quantitative estimate of drug-likeness (QED) is 0.776. The topological polar surface area (TPSA) is 66.4 Å². The van der Waals surface area contributed by atoms with Crippen LogP contribution in [-0.4, -0.2) is 42.8 Å². The van der Waals surface area contributed by atoms with E-state index in [1.165, 1.54) is 10.5 Å². The highest BCUT2D eigenvalue weighted by atomic mass is 32.2. The number of hydrogen-bond donors (Lipinski definition) is 0. The van der Waals surface area contributed by atoms with E-state index in [2.05, 4.69) is 9.97 Å². The third kappa shape index (κ3) is 4.05. The van der Waals surface area contributed by atoms with Crippen molar-refractivity contribution in [2.45, 2.75) is 25.3 Å². The Morgan fingerprint density at radius 2 is 1.83 bits per heavy atom. The van der Waals surface area contributed by atoms with E-state index in [4.69, 9.17) is 0 Å². The van der Waals surface area contributed by atoms with Crippen molar-refractivity contribution in [3.8, 4) is 0 Å². The Kier molecular flexibility index (Phi) is 5.68. The van der Waals surface area contributed by atoms with Crippen LogP contribution in [0.1, 0.15) is 19.4 Å². The molecule has 0 N–H and O–H groups in total. The molecule has 0 aromatic carbocycles. The van der Waals surface area contributed by atoms with Crippen molar-refractivity contribution in [1.82, 2.24) is 14.3 Å². The van der Waals surface area contributed by atoms with Crippen LogP contribution in [0.5, 0.6) is 0 Å². The summed E-state index contributed by atoms with van der Waals surface area (Å²) in [7, 11) is -1.55. The van der Waals surface area contributed by atoms with Gasteiger partial charge in [-0.2, -0.15) is 4.31 Å². The summed E-state index contributed by atoms with van der Waals surface area (Å²) in [4.78, 5) is 10.5. The zero-order chi connectivity index (χ0) is 16.9. The third-order valence-electron chi connectivity index (χ3n) is 3.60. The van der Waals surface area contributed by atoms with Crippen LogP contribution in [0.4, 0.5) is 5.82 Å². The minimum absolute atomic E-state index is 0.222. The summed E-state index contributed by atoms with van der Waals surface area (Å²) in [6.45, 7) is 5.20. The fourth-order valence-electron chi connectivity index (χ4n) is 2.31. The molecular formula is C16H22N4O2S. The van der Waals surface area contributed by atoms with Crippen molar-refractivity contribution < 1.29 is 8.42 Å². The van der Waals surface area contributed by atoms with Crippen LogP contribution in [0.25, 0.3) is 0 Å². The number of hydrogen-bond acceptors (Lipinski definition) is 5. The van der Waals surface area contributed by atoms with Gasteiger partial charge in [0.2, 0.25) is 10.0 Å². The standard InChI is InChI=1S/C16H22N4O2S/c1-4-20(5-2)23(21,22)15-8-9-16(18-12-15)19(3)13-14-7-6-10-17-11-14/h6-12H,4-5,13H2,1-3H3. The van der Waals surface area contributed by atoms with Crippen molar-refractivity contribution in [2.75, 3.05) is 25.0 Å². The lowest BCUT2D eigenvalue weighted by Crippen LogP contribution is -2.30. The maximum Gasteiger partial charge on any atom is 0.244 e. The lowest BCUT2D eigenvalue weighted by Gasteiger charge is -2.20. The lowest BCUT2D eigenvalue weighted by molar-refractivity contribution is 0.445. The van der Waals surface area contributed by atoms with Gasteiger partial charge in [0.1, 0.15) is 10.7 Å². The molecule has 2 rings (SSSR count). The summed E-state index contributed by atoms with van der Waals surface area (Å²) in [5.74, 6) is 0.715. The smallest absolute Gasteiger partial charge is 0.244 e. The monoisotopic (exact) mass is 334 g/mol. The molecule has 0 saturated carbocycles. The van der Waals surface area contributed by atoms with Gasteiger partial charge in [0, 0.05) is 45.3 Å². The van der Waals surface area contributed by atoms with Gasteiger partial charge in [0.15, 0.2) is 0 Å². The van der Waals surface area contributed by atoms with Crippen molar-refractivity contribution in [3.63, 3.8) is 0 Å². The fourth-order valence-corrected chi connectivity index (χ4v) is 3.71. The summed E-state index contributed by atoms with van der Waals surface area (Å²) in [5.41, 5.74) is 1.07. The molecule has 0 radical (unpaired) electrons. The lowest BCUT2D eigenvalue weighted by atomic mass is 10.2. The molecule has 0 amide bonds. The molecule has 0 fully saturated rings. The Balaban J connectivity index is 2.16. The molecule has 124 valence electrons. The molecule has 0 aliphatic rings. The number of rotatable bonds is 7. The van der Waals surface area contributed by atoms with E-state index < -0.39 is 10.0 Å². The van der Waals surface area contributed by atoms with E-state index in [9.17, 15) is 8.42 Å². The number of pyridine rings is 2. The van der Waals surface area contributed by atoms with Crippen LogP contribution in [0.2, 0.25) is 0 Å². The summed E-state index contributed by atoms with van der Waals surface area (Å²) < 4.78 is 26.3. The first-order valence-electron chi connectivity index (χ1n) is 7.55. The Morgan fingerprint density at radius 3 is 2.35 bits per heavy atom. The predicted molar refractivity (Wildman–Crippen MR) is 90.7 cm³/mol. The van der Waals surface area contributed by atoms with E-state index in [1.54, 1.807) is 24.5 Å². The molecule has 0 saturated heterocycles. The molecule has 0 bridgehead atoms. The first kappa shape index (κ1) is 17.4. The molecular weight excluding hydrogens is 312 g/mol. The number of anilines is 1. The highest BCUT2D eigenvalue weighted by molar-refractivity contribution is 7.89. The zero-order valence-electron chi connectivity index (χ0n) is 13.7. The molecule has 2 heterocycles. The summed E-state index contributed by atoms with van der Waals surface area (Å²) in [6.07, 6.45) is 4.95. The van der Waals surface area contributed by atoms with Crippen LogP contribution in [0.15, 0.2) is 47.8 Å². The maximum absolute atomic E-state index is 12.4. The molecule has 0 atom stereocenters. The molecule has 0 spiro atoms. The van der Waals surface area contributed by atoms with E-state index in [1.807, 2.05) is 37.9 Å². The second-order valence-electron chi connectivity index (χ2n) is 5.16. The third-order valence-corrected chi connectivity index (χ3v) is 5.63. The van der Waals surface area contributed by atoms with E-state index in [-0.39, 0.29) is 4.90 Å². The summed E-state index contributed by atoms with van der Waals surface area (Å²) in [5, 5.41) is 0. The van der Waals surface area contributed by atoms with Crippen molar-refractivity contribution in [2.24, 2.45) is 0 Å². The zero-order valence-corrected chi connectivity index (χ0v) is 14.5. The molecule has 23 heavy (non-hydrogen) atoms. The average Bonchev–Trinajstić information content (AvgIpc) is 2.56. The number of nitrogens with zero attached hydrogens (tertiary/aromatic N) is 4. The van der Waals surface area contributed by atoms with E-state index >= 15 is 0 Å². The minimum Gasteiger partial charge on any atom is -0.355 e. The van der Waals surface area contributed by atoms with Gasteiger partial charge in [-0.15, -0.1) is 0 Å². The molecule has 0 unspecified atom stereocenters. The van der Waals surface area contributed by atoms with Gasteiger partial charge in [-0.25, -0.2) is 13.4 Å². The number of aromatic nitrogens is 2. The van der Waals surface area contributed by atoms with Gasteiger partial charge < -0.3 is 4.90 Å². The highest BCUT2D eigenvalue weighted by Gasteiger charge is 2.21. The average molecular weight is 334 g/mol. The largest absolute Gasteiger partial charge is 0.355 e. The number of sulfonamides is 1. The fraction of sp³-hybridized carbons (Fsp3) is 0.375. The molecule has 6 nitrogen and oxygen atoms in total. The molecule has 0 aliphatic heterocycles. The van der Waals surface area contributed by atoms with Gasteiger partial charge >= 0.3 is 0 Å². The summed E-state index contributed by atoms with van der Waals surface area (Å²) in [6, 6.07) is 7.21. The van der Waals surface area contributed by atoms with Crippen LogP contribution in [0.3, 0.4) is 0 Å². The molecule has 0 aliphatic carbocycles.